The van der Waals surface area contributed by atoms with Gasteiger partial charge in [-0.05, 0) is 46.5 Å². The monoisotopic (exact) mass is 470 g/mol. The van der Waals surface area contributed by atoms with Gasteiger partial charge in [-0.1, -0.05) is 0 Å². The lowest BCUT2D eigenvalue weighted by Crippen LogP contribution is -2.42. The Hall–Kier alpha value is -2.14. The molecule has 3 rings (SSSR count). The first-order valence-corrected chi connectivity index (χ1v) is 13.1. The van der Waals surface area contributed by atoms with Crippen molar-refractivity contribution in [2.45, 2.75) is 83.6 Å². The molecule has 1 aromatic heterocycles. The van der Waals surface area contributed by atoms with Crippen molar-refractivity contribution in [3.8, 4) is 11.8 Å². The van der Waals surface area contributed by atoms with Gasteiger partial charge in [-0.3, -0.25) is 0 Å². The Bertz CT molecular complexity index is 878. The normalized spacial score (nSPS) is 22.6. The van der Waals surface area contributed by atoms with Crippen LogP contribution in [0.2, 0.25) is 0 Å². The van der Waals surface area contributed by atoms with Crippen molar-refractivity contribution in [1.82, 2.24) is 19.6 Å². The average Bonchev–Trinajstić information content (AvgIpc) is 2.71. The Balaban J connectivity index is 1.50. The van der Waals surface area contributed by atoms with E-state index in [1.807, 2.05) is 20.8 Å². The van der Waals surface area contributed by atoms with Gasteiger partial charge in [0, 0.05) is 32.0 Å². The van der Waals surface area contributed by atoms with E-state index >= 15 is 0 Å². The van der Waals surface area contributed by atoms with Crippen LogP contribution in [0.25, 0.3) is 0 Å². The van der Waals surface area contributed by atoms with Crippen molar-refractivity contribution >= 4 is 16.1 Å². The molecule has 1 aromatic rings. The van der Waals surface area contributed by atoms with Crippen LogP contribution in [0, 0.1) is 6.92 Å². The highest BCUT2D eigenvalue weighted by Crippen LogP contribution is 2.29. The van der Waals surface area contributed by atoms with Crippen molar-refractivity contribution in [3.05, 3.63) is 11.9 Å². The summed E-state index contributed by atoms with van der Waals surface area (Å²) in [6.45, 7) is 6.70. The molecule has 2 aliphatic rings. The standard InChI is InChI=1S/C21H34N4O6S/c1-14(2)29-21(26)25-11-9-18(10-12-25)31-20-15(3)19(22-13-23-20)30-17-7-5-16(6-8-17)24-32(4,27)28/h13-14,16-18,24H,5-12H2,1-4H3. The molecule has 11 heteroatoms. The van der Waals surface area contributed by atoms with Gasteiger partial charge in [0.15, 0.2) is 0 Å². The van der Waals surface area contributed by atoms with Crippen LogP contribution in [0.4, 0.5) is 4.79 Å². The van der Waals surface area contributed by atoms with Crippen LogP contribution < -0.4 is 14.2 Å². The lowest BCUT2D eigenvalue weighted by molar-refractivity contribution is 0.0503. The minimum atomic E-state index is -3.20. The zero-order valence-corrected chi connectivity index (χ0v) is 20.1. The number of piperidine rings is 1. The van der Waals surface area contributed by atoms with Crippen molar-refractivity contribution in [1.29, 1.82) is 0 Å². The van der Waals surface area contributed by atoms with Gasteiger partial charge in [-0.2, -0.15) is 0 Å². The number of sulfonamides is 1. The summed E-state index contributed by atoms with van der Waals surface area (Å²) in [6.07, 6.45) is 6.47. The van der Waals surface area contributed by atoms with Gasteiger partial charge in [0.05, 0.1) is 17.9 Å². The summed E-state index contributed by atoms with van der Waals surface area (Å²) in [5, 5.41) is 0. The fourth-order valence-electron chi connectivity index (χ4n) is 4.01. The van der Waals surface area contributed by atoms with Gasteiger partial charge >= 0.3 is 6.09 Å². The van der Waals surface area contributed by atoms with E-state index < -0.39 is 10.0 Å². The zero-order valence-electron chi connectivity index (χ0n) is 19.2. The van der Waals surface area contributed by atoms with Crippen LogP contribution >= 0.6 is 0 Å². The van der Waals surface area contributed by atoms with E-state index in [4.69, 9.17) is 14.2 Å². The molecule has 1 saturated heterocycles. The highest BCUT2D eigenvalue weighted by molar-refractivity contribution is 7.88. The maximum Gasteiger partial charge on any atom is 0.410 e. The van der Waals surface area contributed by atoms with Crippen LogP contribution in [0.15, 0.2) is 6.33 Å². The zero-order chi connectivity index (χ0) is 23.3. The fourth-order valence-corrected chi connectivity index (χ4v) is 4.85. The van der Waals surface area contributed by atoms with Crippen molar-refractivity contribution in [2.75, 3.05) is 19.3 Å². The van der Waals surface area contributed by atoms with Crippen LogP contribution in [0.3, 0.4) is 0 Å². The molecule has 2 fully saturated rings. The van der Waals surface area contributed by atoms with Gasteiger partial charge in [-0.25, -0.2) is 27.9 Å². The molecule has 1 amide bonds. The number of hydrogen-bond donors (Lipinski definition) is 1. The Morgan fingerprint density at radius 1 is 1.03 bits per heavy atom. The number of likely N-dealkylation sites (tertiary alicyclic amines) is 1. The van der Waals surface area contributed by atoms with Gasteiger partial charge in [0.1, 0.15) is 18.5 Å². The molecule has 1 N–H and O–H groups in total. The second kappa shape index (κ2) is 10.7. The average molecular weight is 471 g/mol. The molecular formula is C21H34N4O6S. The quantitative estimate of drug-likeness (QED) is 0.645. The SMILES string of the molecule is Cc1c(OC2CCC(NS(C)(=O)=O)CC2)ncnc1OC1CCN(C(=O)OC(C)C)CC1. The Kier molecular flexibility index (Phi) is 8.16. The molecule has 1 aliphatic heterocycles. The van der Waals surface area contributed by atoms with Crippen LogP contribution in [0.5, 0.6) is 11.8 Å². The van der Waals surface area contributed by atoms with E-state index in [0.717, 1.165) is 31.2 Å². The number of carbonyl (C=O) groups excluding carboxylic acids is 1. The summed E-state index contributed by atoms with van der Waals surface area (Å²) < 4.78 is 43.0. The number of carbonyl (C=O) groups is 1. The second-order valence-electron chi connectivity index (χ2n) is 8.83. The van der Waals surface area contributed by atoms with E-state index in [2.05, 4.69) is 14.7 Å². The van der Waals surface area contributed by atoms with Gasteiger partial charge in [0.25, 0.3) is 0 Å². The number of amides is 1. The maximum absolute atomic E-state index is 12.0. The summed E-state index contributed by atoms with van der Waals surface area (Å²) in [7, 11) is -3.20. The first-order valence-electron chi connectivity index (χ1n) is 11.2. The first-order chi connectivity index (χ1) is 15.1. The Labute approximate surface area is 190 Å². The van der Waals surface area contributed by atoms with Gasteiger partial charge in [0.2, 0.25) is 21.8 Å². The molecule has 0 spiro atoms. The summed E-state index contributed by atoms with van der Waals surface area (Å²) in [4.78, 5) is 22.3. The van der Waals surface area contributed by atoms with Crippen molar-refractivity contribution in [2.24, 2.45) is 0 Å². The van der Waals surface area contributed by atoms with E-state index in [1.54, 1.807) is 4.90 Å². The third-order valence-corrected chi connectivity index (χ3v) is 6.40. The molecule has 0 bridgehead atoms. The summed E-state index contributed by atoms with van der Waals surface area (Å²) in [6, 6.07) is -0.0427. The molecule has 0 aromatic carbocycles. The molecule has 0 radical (unpaired) electrons. The smallest absolute Gasteiger partial charge is 0.410 e. The number of nitrogens with zero attached hydrogens (tertiary/aromatic N) is 3. The van der Waals surface area contributed by atoms with Crippen LogP contribution in [0.1, 0.15) is 57.9 Å². The third-order valence-electron chi connectivity index (χ3n) is 5.64. The van der Waals surface area contributed by atoms with Crippen molar-refractivity contribution < 1.29 is 27.4 Å². The summed E-state index contributed by atoms with van der Waals surface area (Å²) in [5.74, 6) is 0.984. The Morgan fingerprint density at radius 3 is 2.06 bits per heavy atom. The van der Waals surface area contributed by atoms with Crippen LogP contribution in [-0.4, -0.2) is 73.1 Å². The molecule has 10 nitrogen and oxygen atoms in total. The molecule has 0 atom stereocenters. The molecule has 2 heterocycles. The number of ether oxygens (including phenoxy) is 3. The molecule has 1 saturated carbocycles. The predicted octanol–water partition coefficient (Wildman–Crippen LogP) is 2.41. The minimum absolute atomic E-state index is 0.0238. The minimum Gasteiger partial charge on any atom is -0.474 e. The number of aromatic nitrogens is 2. The van der Waals surface area contributed by atoms with E-state index in [-0.39, 0.29) is 30.4 Å². The third kappa shape index (κ3) is 7.19. The summed E-state index contributed by atoms with van der Waals surface area (Å²) >= 11 is 0. The predicted molar refractivity (Wildman–Crippen MR) is 118 cm³/mol. The lowest BCUT2D eigenvalue weighted by Gasteiger charge is -2.32. The lowest BCUT2D eigenvalue weighted by atomic mass is 9.94. The summed E-state index contributed by atoms with van der Waals surface area (Å²) in [5.41, 5.74) is 0.741. The van der Waals surface area contributed by atoms with Crippen molar-refractivity contribution in [3.63, 3.8) is 0 Å². The first kappa shape index (κ1) is 24.5. The number of hydrogen-bond acceptors (Lipinski definition) is 8. The van der Waals surface area contributed by atoms with Gasteiger partial charge in [-0.15, -0.1) is 0 Å². The molecule has 1 aliphatic carbocycles. The van der Waals surface area contributed by atoms with E-state index in [0.29, 0.717) is 37.7 Å². The topological polar surface area (TPSA) is 120 Å². The molecule has 32 heavy (non-hydrogen) atoms. The largest absolute Gasteiger partial charge is 0.474 e. The molecule has 180 valence electrons. The maximum atomic E-state index is 12.0. The second-order valence-corrected chi connectivity index (χ2v) is 10.6. The highest BCUT2D eigenvalue weighted by atomic mass is 32.2. The van der Waals surface area contributed by atoms with E-state index in [9.17, 15) is 13.2 Å². The number of rotatable bonds is 7. The Morgan fingerprint density at radius 2 is 1.56 bits per heavy atom. The van der Waals surface area contributed by atoms with E-state index in [1.165, 1.54) is 12.6 Å². The molecular weight excluding hydrogens is 436 g/mol. The molecule has 0 unspecified atom stereocenters. The highest BCUT2D eigenvalue weighted by Gasteiger charge is 2.28. The fraction of sp³-hybridized carbons (Fsp3) is 0.762. The number of nitrogens with one attached hydrogen (secondary N) is 1. The van der Waals surface area contributed by atoms with Crippen LogP contribution in [-0.2, 0) is 14.8 Å². The van der Waals surface area contributed by atoms with Gasteiger partial charge < -0.3 is 19.1 Å².